The molecule has 1 nitrogen and oxygen atoms in total. The SMILES string of the molecule is FC(F)(F)c1ccc2[nH]cc(CC3CCCCC3)c2c1. The number of fused-ring (bicyclic) bond motifs is 1. The summed E-state index contributed by atoms with van der Waals surface area (Å²) >= 11 is 0. The van der Waals surface area contributed by atoms with Crippen LogP contribution >= 0.6 is 0 Å². The summed E-state index contributed by atoms with van der Waals surface area (Å²) < 4.78 is 38.4. The Hall–Kier alpha value is -1.45. The van der Waals surface area contributed by atoms with E-state index in [4.69, 9.17) is 0 Å². The van der Waals surface area contributed by atoms with Crippen molar-refractivity contribution < 1.29 is 13.2 Å². The van der Waals surface area contributed by atoms with E-state index < -0.39 is 11.7 Å². The third-order valence-electron chi connectivity index (χ3n) is 4.33. The Morgan fingerprint density at radius 3 is 2.55 bits per heavy atom. The first kappa shape index (κ1) is 13.5. The molecule has 1 aromatic carbocycles. The second-order valence-electron chi connectivity index (χ2n) is 5.78. The van der Waals surface area contributed by atoms with Gasteiger partial charge in [0.1, 0.15) is 0 Å². The fourth-order valence-electron chi connectivity index (χ4n) is 3.23. The van der Waals surface area contributed by atoms with Crippen LogP contribution < -0.4 is 0 Å². The summed E-state index contributed by atoms with van der Waals surface area (Å²) in [6.07, 6.45) is 4.69. The highest BCUT2D eigenvalue weighted by Gasteiger charge is 2.30. The normalized spacial score (nSPS) is 17.8. The van der Waals surface area contributed by atoms with Gasteiger partial charge < -0.3 is 4.98 Å². The lowest BCUT2D eigenvalue weighted by Gasteiger charge is -2.21. The van der Waals surface area contributed by atoms with Crippen molar-refractivity contribution in [1.29, 1.82) is 0 Å². The highest BCUT2D eigenvalue weighted by atomic mass is 19.4. The number of hydrogen-bond donors (Lipinski definition) is 1. The van der Waals surface area contributed by atoms with Gasteiger partial charge in [-0.05, 0) is 36.1 Å². The molecular weight excluding hydrogens is 263 g/mol. The Bertz CT molecular complexity index is 591. The summed E-state index contributed by atoms with van der Waals surface area (Å²) in [5.74, 6) is 0.622. The van der Waals surface area contributed by atoms with E-state index >= 15 is 0 Å². The van der Waals surface area contributed by atoms with Gasteiger partial charge in [0.2, 0.25) is 0 Å². The predicted molar refractivity (Wildman–Crippen MR) is 73.6 cm³/mol. The molecule has 0 unspecified atom stereocenters. The average molecular weight is 281 g/mol. The molecule has 1 fully saturated rings. The number of alkyl halides is 3. The zero-order valence-electron chi connectivity index (χ0n) is 11.3. The molecule has 1 aliphatic rings. The van der Waals surface area contributed by atoms with Gasteiger partial charge >= 0.3 is 6.18 Å². The van der Waals surface area contributed by atoms with Crippen LogP contribution in [0.5, 0.6) is 0 Å². The molecule has 4 heteroatoms. The van der Waals surface area contributed by atoms with Crippen molar-refractivity contribution in [3.8, 4) is 0 Å². The van der Waals surface area contributed by atoms with E-state index in [1.165, 1.54) is 44.2 Å². The maximum absolute atomic E-state index is 12.8. The number of hydrogen-bond acceptors (Lipinski definition) is 0. The molecule has 1 saturated carbocycles. The minimum absolute atomic E-state index is 0.561. The van der Waals surface area contributed by atoms with Crippen molar-refractivity contribution in [2.45, 2.75) is 44.7 Å². The van der Waals surface area contributed by atoms with Gasteiger partial charge in [-0.15, -0.1) is 0 Å². The highest BCUT2D eigenvalue weighted by molar-refractivity contribution is 5.84. The molecule has 3 rings (SSSR count). The number of nitrogens with one attached hydrogen (secondary N) is 1. The van der Waals surface area contributed by atoms with E-state index in [-0.39, 0.29) is 0 Å². The van der Waals surface area contributed by atoms with E-state index in [2.05, 4.69) is 4.98 Å². The minimum Gasteiger partial charge on any atom is -0.361 e. The third kappa shape index (κ3) is 2.69. The first-order chi connectivity index (χ1) is 9.54. The van der Waals surface area contributed by atoms with E-state index in [0.29, 0.717) is 5.92 Å². The number of benzene rings is 1. The summed E-state index contributed by atoms with van der Waals surface area (Å²) in [7, 11) is 0. The fourth-order valence-corrected chi connectivity index (χ4v) is 3.23. The third-order valence-corrected chi connectivity index (χ3v) is 4.33. The molecule has 0 atom stereocenters. The van der Waals surface area contributed by atoms with E-state index in [9.17, 15) is 13.2 Å². The van der Waals surface area contributed by atoms with Crippen molar-refractivity contribution in [2.24, 2.45) is 5.92 Å². The van der Waals surface area contributed by atoms with Gasteiger partial charge in [0.25, 0.3) is 0 Å². The number of aromatic nitrogens is 1. The van der Waals surface area contributed by atoms with Crippen LogP contribution in [0.2, 0.25) is 0 Å². The molecule has 2 aromatic rings. The van der Waals surface area contributed by atoms with Crippen LogP contribution in [0.1, 0.15) is 43.2 Å². The van der Waals surface area contributed by atoms with Gasteiger partial charge in [-0.2, -0.15) is 13.2 Å². The smallest absolute Gasteiger partial charge is 0.361 e. The lowest BCUT2D eigenvalue weighted by molar-refractivity contribution is -0.137. The van der Waals surface area contributed by atoms with Crippen LogP contribution in [0.15, 0.2) is 24.4 Å². The number of halogens is 3. The van der Waals surface area contributed by atoms with Crippen molar-refractivity contribution in [2.75, 3.05) is 0 Å². The molecule has 1 N–H and O–H groups in total. The number of H-pyrrole nitrogens is 1. The van der Waals surface area contributed by atoms with Gasteiger partial charge in [-0.1, -0.05) is 32.1 Å². The first-order valence-corrected chi connectivity index (χ1v) is 7.21. The molecule has 108 valence electrons. The van der Waals surface area contributed by atoms with Crippen LogP contribution in [-0.2, 0) is 12.6 Å². The van der Waals surface area contributed by atoms with Gasteiger partial charge in [0.05, 0.1) is 5.56 Å². The van der Waals surface area contributed by atoms with Crippen LogP contribution in [0.3, 0.4) is 0 Å². The van der Waals surface area contributed by atoms with Crippen LogP contribution in [-0.4, -0.2) is 4.98 Å². The fraction of sp³-hybridized carbons (Fsp3) is 0.500. The lowest BCUT2D eigenvalue weighted by Crippen LogP contribution is -2.09. The predicted octanol–water partition coefficient (Wildman–Crippen LogP) is 5.31. The zero-order chi connectivity index (χ0) is 14.2. The molecule has 0 amide bonds. The average Bonchev–Trinajstić information content (AvgIpc) is 2.82. The Morgan fingerprint density at radius 1 is 1.10 bits per heavy atom. The van der Waals surface area contributed by atoms with Gasteiger partial charge in [-0.25, -0.2) is 0 Å². The Labute approximate surface area is 116 Å². The standard InChI is InChI=1S/C16H18F3N/c17-16(18,19)13-6-7-15-14(9-13)12(10-20-15)8-11-4-2-1-3-5-11/h6-7,9-11,20H,1-5,8H2. The summed E-state index contributed by atoms with van der Waals surface area (Å²) in [6.45, 7) is 0. The lowest BCUT2D eigenvalue weighted by atomic mass is 9.85. The molecule has 1 aromatic heterocycles. The van der Waals surface area contributed by atoms with Gasteiger partial charge in [0, 0.05) is 17.1 Å². The quantitative estimate of drug-likeness (QED) is 0.767. The van der Waals surface area contributed by atoms with Gasteiger partial charge in [-0.3, -0.25) is 0 Å². The topological polar surface area (TPSA) is 15.8 Å². The zero-order valence-corrected chi connectivity index (χ0v) is 11.3. The molecule has 20 heavy (non-hydrogen) atoms. The van der Waals surface area contributed by atoms with Crippen LogP contribution in [0, 0.1) is 5.92 Å². The van der Waals surface area contributed by atoms with Gasteiger partial charge in [0.15, 0.2) is 0 Å². The molecule has 0 radical (unpaired) electrons. The second-order valence-corrected chi connectivity index (χ2v) is 5.78. The maximum atomic E-state index is 12.8. The molecule has 0 saturated heterocycles. The molecule has 0 spiro atoms. The van der Waals surface area contributed by atoms with Crippen molar-refractivity contribution in [3.63, 3.8) is 0 Å². The van der Waals surface area contributed by atoms with Crippen molar-refractivity contribution in [3.05, 3.63) is 35.5 Å². The van der Waals surface area contributed by atoms with Crippen LogP contribution in [0.4, 0.5) is 13.2 Å². The molecule has 0 bridgehead atoms. The summed E-state index contributed by atoms with van der Waals surface area (Å²) in [6, 6.07) is 3.95. The van der Waals surface area contributed by atoms with Crippen molar-refractivity contribution in [1.82, 2.24) is 4.98 Å². The highest BCUT2D eigenvalue weighted by Crippen LogP contribution is 2.34. The van der Waals surface area contributed by atoms with E-state index in [0.717, 1.165) is 29.0 Å². The number of aromatic amines is 1. The van der Waals surface area contributed by atoms with Crippen molar-refractivity contribution >= 4 is 10.9 Å². The molecular formula is C16H18F3N. The summed E-state index contributed by atoms with van der Waals surface area (Å²) in [5.41, 5.74) is 1.26. The maximum Gasteiger partial charge on any atom is 0.416 e. The largest absolute Gasteiger partial charge is 0.416 e. The first-order valence-electron chi connectivity index (χ1n) is 7.21. The number of rotatable bonds is 2. The monoisotopic (exact) mass is 281 g/mol. The summed E-state index contributed by atoms with van der Waals surface area (Å²) in [4.78, 5) is 3.09. The Kier molecular flexibility index (Phi) is 3.48. The Morgan fingerprint density at radius 2 is 1.85 bits per heavy atom. The van der Waals surface area contributed by atoms with Crippen LogP contribution in [0.25, 0.3) is 10.9 Å². The molecule has 0 aliphatic heterocycles. The minimum atomic E-state index is -4.27. The Balaban J connectivity index is 1.90. The van der Waals surface area contributed by atoms with E-state index in [1.807, 2.05) is 6.20 Å². The molecule has 1 heterocycles. The van der Waals surface area contributed by atoms with E-state index in [1.54, 1.807) is 0 Å². The second kappa shape index (κ2) is 5.15. The molecule has 1 aliphatic carbocycles. The summed E-state index contributed by atoms with van der Waals surface area (Å²) in [5, 5.41) is 0.727.